The van der Waals surface area contributed by atoms with Gasteiger partial charge in [0, 0.05) is 31.5 Å². The second kappa shape index (κ2) is 7.86. The number of hydrogen-bond donors (Lipinski definition) is 0. The van der Waals surface area contributed by atoms with Gasteiger partial charge in [0.1, 0.15) is 15.7 Å². The molecule has 0 aliphatic carbocycles. The van der Waals surface area contributed by atoms with E-state index >= 15 is 0 Å². The van der Waals surface area contributed by atoms with Crippen LogP contribution < -0.4 is 9.21 Å². The molecule has 0 aliphatic rings. The van der Waals surface area contributed by atoms with Crippen molar-refractivity contribution in [3.8, 4) is 0 Å². The first-order chi connectivity index (χ1) is 12.9. The van der Waals surface area contributed by atoms with Gasteiger partial charge < -0.3 is 4.90 Å². The first-order valence-corrected chi connectivity index (χ1v) is 11.3. The molecule has 0 saturated carbocycles. The van der Waals surface area contributed by atoms with E-state index in [1.807, 2.05) is 45.3 Å². The van der Waals surface area contributed by atoms with Crippen LogP contribution in [0.15, 0.2) is 47.5 Å². The van der Waals surface area contributed by atoms with Crippen LogP contribution in [0.1, 0.15) is 25.3 Å². The predicted octanol–water partition coefficient (Wildman–Crippen LogP) is 4.67. The summed E-state index contributed by atoms with van der Waals surface area (Å²) >= 11 is 1.53. The fraction of sp³-hybridized carbons (Fsp3) is 0.350. The van der Waals surface area contributed by atoms with Gasteiger partial charge in [-0.25, -0.2) is 13.4 Å². The number of benzene rings is 1. The molecule has 0 radical (unpaired) electrons. The maximum absolute atomic E-state index is 13.7. The van der Waals surface area contributed by atoms with Gasteiger partial charge in [0.15, 0.2) is 0 Å². The Balaban J connectivity index is 2.19. The van der Waals surface area contributed by atoms with Crippen LogP contribution in [-0.4, -0.2) is 34.0 Å². The van der Waals surface area contributed by atoms with E-state index < -0.39 is 10.0 Å². The predicted molar refractivity (Wildman–Crippen MR) is 115 cm³/mol. The Kier molecular flexibility index (Phi) is 5.72. The first kappa shape index (κ1) is 19.6. The van der Waals surface area contributed by atoms with Gasteiger partial charge in [-0.2, -0.15) is 0 Å². The summed E-state index contributed by atoms with van der Waals surface area (Å²) in [6.07, 6.45) is 3.34. The van der Waals surface area contributed by atoms with Crippen molar-refractivity contribution in [3.05, 3.63) is 48.2 Å². The van der Waals surface area contributed by atoms with Gasteiger partial charge in [-0.3, -0.25) is 4.31 Å². The fourth-order valence-electron chi connectivity index (χ4n) is 3.07. The van der Waals surface area contributed by atoms with Crippen LogP contribution in [0, 0.1) is 6.92 Å². The van der Waals surface area contributed by atoms with Crippen LogP contribution in [0.5, 0.6) is 0 Å². The molecule has 7 heteroatoms. The standard InChI is InChI=1S/C20H25N3O2S2/c1-5-6-14-23(20-15(2)16-10-7-8-11-17(16)26-20)27(24,25)18-12-9-13-21-19(18)22(3)4/h7-13H,5-6,14H2,1-4H3. The number of aromatic nitrogens is 1. The zero-order chi connectivity index (χ0) is 19.6. The molecule has 0 atom stereocenters. The lowest BCUT2D eigenvalue weighted by Gasteiger charge is -2.26. The smallest absolute Gasteiger partial charge is 0.268 e. The summed E-state index contributed by atoms with van der Waals surface area (Å²) in [6, 6.07) is 11.4. The van der Waals surface area contributed by atoms with E-state index in [1.165, 1.54) is 11.3 Å². The molecular formula is C20H25N3O2S2. The topological polar surface area (TPSA) is 53.5 Å². The SMILES string of the molecule is CCCCN(c1sc2ccccc2c1C)S(=O)(=O)c1cccnc1N(C)C. The number of aryl methyl sites for hydroxylation is 1. The molecule has 0 aliphatic heterocycles. The zero-order valence-electron chi connectivity index (χ0n) is 16.1. The van der Waals surface area contributed by atoms with Gasteiger partial charge in [-0.1, -0.05) is 31.5 Å². The molecule has 3 rings (SSSR count). The number of hydrogen-bond acceptors (Lipinski definition) is 5. The lowest BCUT2D eigenvalue weighted by Crippen LogP contribution is -2.33. The number of thiophene rings is 1. The number of pyridine rings is 1. The van der Waals surface area contributed by atoms with Crippen molar-refractivity contribution in [1.29, 1.82) is 0 Å². The van der Waals surface area contributed by atoms with Crippen molar-refractivity contribution in [2.75, 3.05) is 29.8 Å². The molecule has 1 aromatic carbocycles. The third-order valence-electron chi connectivity index (χ3n) is 4.50. The lowest BCUT2D eigenvalue weighted by molar-refractivity contribution is 0.588. The number of fused-ring (bicyclic) bond motifs is 1. The van der Waals surface area contributed by atoms with Crippen molar-refractivity contribution in [1.82, 2.24) is 4.98 Å². The molecule has 0 unspecified atom stereocenters. The van der Waals surface area contributed by atoms with Gasteiger partial charge >= 0.3 is 0 Å². The molecule has 5 nitrogen and oxygen atoms in total. The molecule has 2 aromatic heterocycles. The highest BCUT2D eigenvalue weighted by molar-refractivity contribution is 7.93. The minimum atomic E-state index is -3.73. The van der Waals surface area contributed by atoms with Gasteiger partial charge in [0.25, 0.3) is 10.0 Å². The largest absolute Gasteiger partial charge is 0.362 e. The van der Waals surface area contributed by atoms with Crippen molar-refractivity contribution in [2.24, 2.45) is 0 Å². The Morgan fingerprint density at radius 3 is 2.52 bits per heavy atom. The van der Waals surface area contributed by atoms with Crippen LogP contribution >= 0.6 is 11.3 Å². The van der Waals surface area contributed by atoms with E-state index in [1.54, 1.807) is 27.5 Å². The van der Waals surface area contributed by atoms with Gasteiger partial charge in [-0.15, -0.1) is 11.3 Å². The highest BCUT2D eigenvalue weighted by atomic mass is 32.2. The fourth-order valence-corrected chi connectivity index (χ4v) is 6.30. The monoisotopic (exact) mass is 403 g/mol. The number of sulfonamides is 1. The van der Waals surface area contributed by atoms with Crippen molar-refractivity contribution in [2.45, 2.75) is 31.6 Å². The molecule has 0 amide bonds. The molecule has 3 aromatic rings. The molecule has 27 heavy (non-hydrogen) atoms. The van der Waals surface area contributed by atoms with E-state index in [0.717, 1.165) is 33.5 Å². The maximum atomic E-state index is 13.7. The molecule has 0 N–H and O–H groups in total. The third-order valence-corrected chi connectivity index (χ3v) is 7.73. The highest BCUT2D eigenvalue weighted by Gasteiger charge is 2.30. The Bertz CT molecular complexity index is 1040. The Labute approximate surface area is 165 Å². The molecule has 0 bridgehead atoms. The summed E-state index contributed by atoms with van der Waals surface area (Å²) in [6.45, 7) is 4.52. The van der Waals surface area contributed by atoms with Gasteiger partial charge in [0.2, 0.25) is 0 Å². The second-order valence-corrected chi connectivity index (χ2v) is 9.54. The van der Waals surface area contributed by atoms with Crippen LogP contribution in [0.2, 0.25) is 0 Å². The van der Waals surface area contributed by atoms with E-state index in [4.69, 9.17) is 0 Å². The zero-order valence-corrected chi connectivity index (χ0v) is 17.8. The Morgan fingerprint density at radius 2 is 1.85 bits per heavy atom. The summed E-state index contributed by atoms with van der Waals surface area (Å²) in [5.41, 5.74) is 1.01. The van der Waals surface area contributed by atoms with E-state index in [0.29, 0.717) is 12.4 Å². The molecule has 0 fully saturated rings. The van der Waals surface area contributed by atoms with Crippen LogP contribution in [-0.2, 0) is 10.0 Å². The minimum Gasteiger partial charge on any atom is -0.362 e. The number of rotatable bonds is 7. The summed E-state index contributed by atoms with van der Waals surface area (Å²) in [7, 11) is -0.117. The summed E-state index contributed by atoms with van der Waals surface area (Å²) in [5, 5.41) is 1.89. The minimum absolute atomic E-state index is 0.239. The van der Waals surface area contributed by atoms with E-state index in [-0.39, 0.29) is 4.90 Å². The number of nitrogens with zero attached hydrogens (tertiary/aromatic N) is 3. The van der Waals surface area contributed by atoms with Crippen LogP contribution in [0.3, 0.4) is 0 Å². The van der Waals surface area contributed by atoms with E-state index in [9.17, 15) is 8.42 Å². The Hall–Kier alpha value is -2.12. The summed E-state index contributed by atoms with van der Waals surface area (Å²) in [4.78, 5) is 6.27. The molecule has 0 saturated heterocycles. The first-order valence-electron chi connectivity index (χ1n) is 9.01. The van der Waals surface area contributed by atoms with Gasteiger partial charge in [0.05, 0.1) is 0 Å². The Morgan fingerprint density at radius 1 is 1.11 bits per heavy atom. The van der Waals surface area contributed by atoms with Crippen molar-refractivity contribution < 1.29 is 8.42 Å². The highest BCUT2D eigenvalue weighted by Crippen LogP contribution is 2.40. The van der Waals surface area contributed by atoms with Crippen molar-refractivity contribution >= 4 is 42.3 Å². The average molecular weight is 404 g/mol. The van der Waals surface area contributed by atoms with Crippen molar-refractivity contribution in [3.63, 3.8) is 0 Å². The molecule has 2 heterocycles. The van der Waals surface area contributed by atoms with Crippen LogP contribution in [0.25, 0.3) is 10.1 Å². The van der Waals surface area contributed by atoms with E-state index in [2.05, 4.69) is 11.9 Å². The third kappa shape index (κ3) is 3.66. The normalized spacial score (nSPS) is 11.7. The molecule has 0 spiro atoms. The number of anilines is 2. The molecular weight excluding hydrogens is 378 g/mol. The average Bonchev–Trinajstić information content (AvgIpc) is 2.99. The second-order valence-electron chi connectivity index (χ2n) is 6.68. The lowest BCUT2D eigenvalue weighted by atomic mass is 10.2. The quantitative estimate of drug-likeness (QED) is 0.575. The summed E-state index contributed by atoms with van der Waals surface area (Å²) in [5.74, 6) is 0.456. The number of unbranched alkanes of at least 4 members (excludes halogenated alkanes) is 1. The van der Waals surface area contributed by atoms with Gasteiger partial charge in [-0.05, 0) is 42.5 Å². The molecule has 144 valence electrons. The maximum Gasteiger partial charge on any atom is 0.268 e. The van der Waals surface area contributed by atoms with Crippen LogP contribution in [0.4, 0.5) is 10.8 Å². The summed E-state index contributed by atoms with van der Waals surface area (Å²) < 4.78 is 30.0.